The molecule has 0 amide bonds. The molecule has 1 heterocycles. The first-order valence-electron chi connectivity index (χ1n) is 4.55. The fraction of sp³-hybridized carbons (Fsp3) is 1.00. The molecule has 1 aliphatic heterocycles. The zero-order valence-electron chi connectivity index (χ0n) is 7.83. The van der Waals surface area contributed by atoms with Gasteiger partial charge in [0.15, 0.2) is 0 Å². The van der Waals surface area contributed by atoms with Gasteiger partial charge in [-0.2, -0.15) is 0 Å². The molecule has 2 N–H and O–H groups in total. The second-order valence-corrected chi connectivity index (χ2v) is 4.56. The van der Waals surface area contributed by atoms with Crippen molar-refractivity contribution in [2.75, 3.05) is 26.3 Å². The van der Waals surface area contributed by atoms with Gasteiger partial charge in [0.05, 0.1) is 13.2 Å². The van der Waals surface area contributed by atoms with E-state index in [0.717, 1.165) is 19.4 Å². The van der Waals surface area contributed by atoms with Gasteiger partial charge in [-0.25, -0.2) is 9.67 Å². The summed E-state index contributed by atoms with van der Waals surface area (Å²) in [4.78, 5) is 18.8. The number of hydrogen-bond donors (Lipinski definition) is 2. The average molecular weight is 224 g/mol. The Hall–Kier alpha value is 0.0300. The third-order valence-electron chi connectivity index (χ3n) is 2.33. The van der Waals surface area contributed by atoms with E-state index in [0.29, 0.717) is 6.54 Å². The minimum atomic E-state index is -4.36. The normalized spacial score (nSPS) is 24.4. The lowest BCUT2D eigenvalue weighted by Crippen LogP contribution is -2.34. The van der Waals surface area contributed by atoms with Crippen LogP contribution in [0, 0.1) is 0 Å². The molecule has 1 aliphatic rings. The van der Waals surface area contributed by atoms with Gasteiger partial charge in [-0.15, -0.1) is 0 Å². The predicted molar refractivity (Wildman–Crippen MR) is 48.1 cm³/mol. The molecule has 0 saturated carbocycles. The Balaban J connectivity index is 2.21. The summed E-state index contributed by atoms with van der Waals surface area (Å²) in [6, 6.07) is 0.00960. The highest BCUT2D eigenvalue weighted by Crippen LogP contribution is 2.35. The van der Waals surface area contributed by atoms with Crippen LogP contribution >= 0.6 is 7.82 Å². The molecule has 7 heteroatoms. The van der Waals surface area contributed by atoms with Crippen LogP contribution in [0.15, 0.2) is 0 Å². The van der Waals surface area contributed by atoms with Crippen molar-refractivity contribution in [1.82, 2.24) is 4.90 Å². The Kier molecular flexibility index (Phi) is 4.50. The zero-order chi connectivity index (χ0) is 10.6. The third kappa shape index (κ3) is 4.04. The van der Waals surface area contributed by atoms with Crippen LogP contribution in [-0.2, 0) is 14.2 Å². The summed E-state index contributed by atoms with van der Waals surface area (Å²) >= 11 is 0. The summed E-state index contributed by atoms with van der Waals surface area (Å²) in [5.41, 5.74) is 0. The molecule has 0 aromatic rings. The molecule has 1 radical (unpaired) electrons. The van der Waals surface area contributed by atoms with Gasteiger partial charge in [-0.3, -0.25) is 9.42 Å². The Morgan fingerprint density at radius 3 is 2.79 bits per heavy atom. The van der Waals surface area contributed by atoms with Crippen molar-refractivity contribution in [2.45, 2.75) is 18.9 Å². The quantitative estimate of drug-likeness (QED) is 0.641. The van der Waals surface area contributed by atoms with Crippen molar-refractivity contribution in [2.24, 2.45) is 0 Å². The second-order valence-electron chi connectivity index (χ2n) is 3.32. The van der Waals surface area contributed by atoms with Gasteiger partial charge >= 0.3 is 7.82 Å². The predicted octanol–water partition coefficient (Wildman–Crippen LogP) is -0.00940. The van der Waals surface area contributed by atoms with E-state index in [1.165, 1.54) is 0 Å². The van der Waals surface area contributed by atoms with E-state index in [2.05, 4.69) is 4.52 Å². The van der Waals surface area contributed by atoms with Gasteiger partial charge < -0.3 is 9.79 Å². The SMILES string of the molecule is [O]CC1CCCN1CCOP(=O)(O)O. The van der Waals surface area contributed by atoms with Crippen molar-refractivity contribution in [1.29, 1.82) is 0 Å². The summed E-state index contributed by atoms with van der Waals surface area (Å²) in [7, 11) is -4.36. The van der Waals surface area contributed by atoms with E-state index in [1.54, 1.807) is 0 Å². The molecule has 1 saturated heterocycles. The Morgan fingerprint density at radius 1 is 1.50 bits per heavy atom. The van der Waals surface area contributed by atoms with Crippen LogP contribution in [0.3, 0.4) is 0 Å². The maximum atomic E-state index is 10.7. The van der Waals surface area contributed by atoms with Crippen molar-refractivity contribution in [3.63, 3.8) is 0 Å². The number of phosphoric ester groups is 1. The molecule has 83 valence electrons. The first-order chi connectivity index (χ1) is 6.53. The summed E-state index contributed by atoms with van der Waals surface area (Å²) in [5, 5.41) is 10.7. The molecular formula is C7H15NO5P. The zero-order valence-corrected chi connectivity index (χ0v) is 8.73. The van der Waals surface area contributed by atoms with Crippen LogP contribution in [-0.4, -0.2) is 47.0 Å². The molecule has 14 heavy (non-hydrogen) atoms. The number of likely N-dealkylation sites (tertiary alicyclic amines) is 1. The lowest BCUT2D eigenvalue weighted by molar-refractivity contribution is 0.0919. The molecule has 6 nitrogen and oxygen atoms in total. The van der Waals surface area contributed by atoms with Crippen LogP contribution in [0.1, 0.15) is 12.8 Å². The van der Waals surface area contributed by atoms with Crippen LogP contribution in [0.5, 0.6) is 0 Å². The molecule has 1 fully saturated rings. The maximum Gasteiger partial charge on any atom is 0.469 e. The maximum absolute atomic E-state index is 10.7. The second kappa shape index (κ2) is 5.21. The fourth-order valence-corrected chi connectivity index (χ4v) is 1.97. The number of phosphoric acid groups is 1. The first-order valence-corrected chi connectivity index (χ1v) is 6.08. The summed E-state index contributed by atoms with van der Waals surface area (Å²) in [5.74, 6) is 0. The first kappa shape index (κ1) is 12.1. The van der Waals surface area contributed by atoms with E-state index in [9.17, 15) is 9.67 Å². The number of rotatable bonds is 5. The fourth-order valence-electron chi connectivity index (χ4n) is 1.66. The molecular weight excluding hydrogens is 209 g/mol. The average Bonchev–Trinajstić information content (AvgIpc) is 2.49. The van der Waals surface area contributed by atoms with Gasteiger partial charge in [0, 0.05) is 12.6 Å². The monoisotopic (exact) mass is 224 g/mol. The van der Waals surface area contributed by atoms with Gasteiger partial charge in [0.25, 0.3) is 0 Å². The van der Waals surface area contributed by atoms with E-state index in [4.69, 9.17) is 9.79 Å². The van der Waals surface area contributed by atoms with E-state index >= 15 is 0 Å². The minimum absolute atomic E-state index is 0.00960. The number of nitrogens with zero attached hydrogens (tertiary/aromatic N) is 1. The Bertz CT molecular complexity index is 218. The van der Waals surface area contributed by atoms with Gasteiger partial charge in [0.1, 0.15) is 0 Å². The van der Waals surface area contributed by atoms with Crippen molar-refractivity contribution in [3.05, 3.63) is 0 Å². The highest BCUT2D eigenvalue weighted by molar-refractivity contribution is 7.46. The largest absolute Gasteiger partial charge is 0.469 e. The molecule has 0 bridgehead atoms. The molecule has 1 unspecified atom stereocenters. The van der Waals surface area contributed by atoms with Crippen LogP contribution in [0.25, 0.3) is 0 Å². The smallest absolute Gasteiger partial charge is 0.303 e. The van der Waals surface area contributed by atoms with Gasteiger partial charge in [-0.1, -0.05) is 0 Å². The molecule has 0 spiro atoms. The highest BCUT2D eigenvalue weighted by Gasteiger charge is 2.24. The topological polar surface area (TPSA) is 89.9 Å². The lowest BCUT2D eigenvalue weighted by atomic mass is 10.2. The molecule has 1 rings (SSSR count). The third-order valence-corrected chi connectivity index (χ3v) is 2.85. The molecule has 0 aliphatic carbocycles. The lowest BCUT2D eigenvalue weighted by Gasteiger charge is -2.21. The standard InChI is InChI=1S/C7H15NO5P/c9-6-7-2-1-3-8(7)4-5-13-14(10,11)12/h7H,1-6H2,(H2,10,11,12). The van der Waals surface area contributed by atoms with Gasteiger partial charge in [0.2, 0.25) is 0 Å². The molecule has 0 aromatic heterocycles. The van der Waals surface area contributed by atoms with Crippen LogP contribution in [0.4, 0.5) is 0 Å². The number of hydrogen-bond acceptors (Lipinski definition) is 3. The summed E-state index contributed by atoms with van der Waals surface area (Å²) < 4.78 is 14.7. The van der Waals surface area contributed by atoms with Crippen molar-refractivity contribution in [3.8, 4) is 0 Å². The molecule has 0 aromatic carbocycles. The van der Waals surface area contributed by atoms with Crippen molar-refractivity contribution < 1.29 is 24.0 Å². The summed E-state index contributed by atoms with van der Waals surface area (Å²) in [6.45, 7) is 1.05. The van der Waals surface area contributed by atoms with E-state index in [1.807, 2.05) is 4.90 Å². The minimum Gasteiger partial charge on any atom is -0.303 e. The van der Waals surface area contributed by atoms with Crippen LogP contribution in [0.2, 0.25) is 0 Å². The summed E-state index contributed by atoms with van der Waals surface area (Å²) in [6.07, 6.45) is 1.85. The Labute approximate surface area is 82.7 Å². The van der Waals surface area contributed by atoms with E-state index < -0.39 is 7.82 Å². The van der Waals surface area contributed by atoms with Gasteiger partial charge in [-0.05, 0) is 19.4 Å². The van der Waals surface area contributed by atoms with E-state index in [-0.39, 0.29) is 19.3 Å². The molecule has 1 atom stereocenters. The van der Waals surface area contributed by atoms with Crippen molar-refractivity contribution >= 4 is 7.82 Å². The van der Waals surface area contributed by atoms with Crippen LogP contribution < -0.4 is 0 Å². The highest BCUT2D eigenvalue weighted by atomic mass is 31.2. The Morgan fingerprint density at radius 2 is 2.21 bits per heavy atom.